The highest BCUT2D eigenvalue weighted by atomic mass is 16.5. The van der Waals surface area contributed by atoms with Gasteiger partial charge in [0.2, 0.25) is 0 Å². The van der Waals surface area contributed by atoms with Gasteiger partial charge in [-0.25, -0.2) is 4.79 Å². The molecule has 0 fully saturated rings. The second-order valence-electron chi connectivity index (χ2n) is 7.23. The molecule has 0 amide bonds. The molecule has 0 saturated heterocycles. The van der Waals surface area contributed by atoms with Crippen molar-refractivity contribution in [3.05, 3.63) is 102 Å². The van der Waals surface area contributed by atoms with Crippen LogP contribution in [0.1, 0.15) is 30.0 Å². The highest BCUT2D eigenvalue weighted by Crippen LogP contribution is 2.39. The van der Waals surface area contributed by atoms with Crippen molar-refractivity contribution in [2.45, 2.75) is 13.3 Å². The van der Waals surface area contributed by atoms with Gasteiger partial charge in [0.1, 0.15) is 11.5 Å². The predicted molar refractivity (Wildman–Crippen MR) is 128 cm³/mol. The molecule has 4 aromatic rings. The van der Waals surface area contributed by atoms with Crippen molar-refractivity contribution in [3.8, 4) is 11.5 Å². The van der Waals surface area contributed by atoms with Gasteiger partial charge in [-0.2, -0.15) is 5.10 Å². The molecule has 0 aliphatic rings. The zero-order chi connectivity index (χ0) is 22.5. The Morgan fingerprint density at radius 3 is 2.69 bits per heavy atom. The van der Waals surface area contributed by atoms with Gasteiger partial charge in [-0.3, -0.25) is 5.10 Å². The lowest BCUT2D eigenvalue weighted by molar-refractivity contribution is -0.128. The maximum atomic E-state index is 12.0. The number of carbonyl (C=O) groups excluding carboxylic acids is 1. The highest BCUT2D eigenvalue weighted by molar-refractivity contribution is 6.02. The SMILES string of the molecule is C=CC(=O)Oc1ccccc1/C(=C(\CC)c1cccc(OC)c1)c1ccc2[nH]ncc2c1. The van der Waals surface area contributed by atoms with E-state index < -0.39 is 5.97 Å². The van der Waals surface area contributed by atoms with E-state index in [0.717, 1.165) is 50.9 Å². The van der Waals surface area contributed by atoms with Gasteiger partial charge in [-0.05, 0) is 59.0 Å². The quantitative estimate of drug-likeness (QED) is 0.170. The van der Waals surface area contributed by atoms with Gasteiger partial charge in [0.25, 0.3) is 0 Å². The molecule has 0 spiro atoms. The van der Waals surface area contributed by atoms with Crippen molar-refractivity contribution >= 4 is 28.0 Å². The first-order valence-electron chi connectivity index (χ1n) is 10.4. The zero-order valence-electron chi connectivity index (χ0n) is 18.1. The molecule has 0 bridgehead atoms. The fourth-order valence-electron chi connectivity index (χ4n) is 3.84. The number of carbonyl (C=O) groups is 1. The Bertz CT molecular complexity index is 1320. The van der Waals surface area contributed by atoms with E-state index in [4.69, 9.17) is 9.47 Å². The minimum absolute atomic E-state index is 0.480. The number of methoxy groups -OCH3 is 1. The van der Waals surface area contributed by atoms with Crippen LogP contribution in [0.15, 0.2) is 85.6 Å². The number of aromatic amines is 1. The topological polar surface area (TPSA) is 64.2 Å². The van der Waals surface area contributed by atoms with Crippen molar-refractivity contribution < 1.29 is 14.3 Å². The van der Waals surface area contributed by atoms with Crippen LogP contribution in [0.4, 0.5) is 0 Å². The van der Waals surface area contributed by atoms with E-state index in [-0.39, 0.29) is 0 Å². The fraction of sp³-hybridized carbons (Fsp3) is 0.111. The molecule has 0 radical (unpaired) electrons. The Labute approximate surface area is 187 Å². The molecule has 160 valence electrons. The normalized spacial score (nSPS) is 11.7. The first-order valence-corrected chi connectivity index (χ1v) is 10.4. The van der Waals surface area contributed by atoms with Crippen LogP contribution in [0.2, 0.25) is 0 Å². The standard InChI is InChI=1S/C27H24N2O3/c1-4-22(18-9-8-10-21(16-18)31-3)27(19-13-14-24-20(15-19)17-28-29-24)23-11-6-7-12-25(23)32-26(30)5-2/h5-17H,2,4H2,1,3H3,(H,28,29)/b27-22+. The molecule has 32 heavy (non-hydrogen) atoms. The molecule has 5 nitrogen and oxygen atoms in total. The minimum atomic E-state index is -0.499. The molecule has 0 atom stereocenters. The van der Waals surface area contributed by atoms with Crippen LogP contribution in [0.25, 0.3) is 22.0 Å². The number of para-hydroxylation sites is 1. The van der Waals surface area contributed by atoms with E-state index in [1.54, 1.807) is 19.4 Å². The number of nitrogens with zero attached hydrogens (tertiary/aromatic N) is 1. The summed E-state index contributed by atoms with van der Waals surface area (Å²) in [5, 5.41) is 8.15. The van der Waals surface area contributed by atoms with Crippen molar-refractivity contribution in [3.63, 3.8) is 0 Å². The molecule has 0 aliphatic carbocycles. The Morgan fingerprint density at radius 2 is 1.91 bits per heavy atom. The molecule has 4 rings (SSSR count). The second-order valence-corrected chi connectivity index (χ2v) is 7.23. The zero-order valence-corrected chi connectivity index (χ0v) is 18.1. The van der Waals surface area contributed by atoms with E-state index in [2.05, 4.69) is 41.9 Å². The Balaban J connectivity index is 2.02. The minimum Gasteiger partial charge on any atom is -0.497 e. The summed E-state index contributed by atoms with van der Waals surface area (Å²) in [6.07, 6.45) is 3.73. The summed E-state index contributed by atoms with van der Waals surface area (Å²) in [5.41, 5.74) is 5.91. The largest absolute Gasteiger partial charge is 0.497 e. The number of fused-ring (bicyclic) bond motifs is 1. The van der Waals surface area contributed by atoms with Gasteiger partial charge < -0.3 is 9.47 Å². The van der Waals surface area contributed by atoms with Gasteiger partial charge in [-0.15, -0.1) is 0 Å². The molecule has 0 aliphatic heterocycles. The highest BCUT2D eigenvalue weighted by Gasteiger charge is 2.19. The summed E-state index contributed by atoms with van der Waals surface area (Å²) in [7, 11) is 1.66. The average molecular weight is 425 g/mol. The van der Waals surface area contributed by atoms with E-state index in [0.29, 0.717) is 5.75 Å². The van der Waals surface area contributed by atoms with Gasteiger partial charge >= 0.3 is 5.97 Å². The molecule has 0 unspecified atom stereocenters. The van der Waals surface area contributed by atoms with Crippen molar-refractivity contribution in [2.75, 3.05) is 7.11 Å². The third kappa shape index (κ3) is 4.18. The predicted octanol–water partition coefficient (Wildman–Crippen LogP) is 6.03. The molecule has 1 aromatic heterocycles. The van der Waals surface area contributed by atoms with E-state index in [9.17, 15) is 4.79 Å². The Morgan fingerprint density at radius 1 is 1.06 bits per heavy atom. The number of nitrogens with one attached hydrogen (secondary N) is 1. The third-order valence-electron chi connectivity index (χ3n) is 5.34. The second kappa shape index (κ2) is 9.35. The van der Waals surface area contributed by atoms with Crippen LogP contribution in [-0.2, 0) is 4.79 Å². The molecular weight excluding hydrogens is 400 g/mol. The maximum Gasteiger partial charge on any atom is 0.335 e. The lowest BCUT2D eigenvalue weighted by atomic mass is 9.87. The molecule has 3 aromatic carbocycles. The summed E-state index contributed by atoms with van der Waals surface area (Å²) in [4.78, 5) is 12.0. The molecule has 1 heterocycles. The number of H-pyrrole nitrogens is 1. The first kappa shape index (κ1) is 21.1. The molecule has 5 heteroatoms. The van der Waals surface area contributed by atoms with E-state index in [1.165, 1.54) is 6.08 Å². The monoisotopic (exact) mass is 424 g/mol. The van der Waals surface area contributed by atoms with Crippen molar-refractivity contribution in [2.24, 2.45) is 0 Å². The summed E-state index contributed by atoms with van der Waals surface area (Å²) in [6, 6.07) is 21.7. The number of benzene rings is 3. The number of hydrogen-bond donors (Lipinski definition) is 1. The Hall–Kier alpha value is -4.12. The molecule has 0 saturated carbocycles. The summed E-state index contributed by atoms with van der Waals surface area (Å²) in [6.45, 7) is 5.64. The smallest absolute Gasteiger partial charge is 0.335 e. The van der Waals surface area contributed by atoms with Gasteiger partial charge in [0, 0.05) is 17.0 Å². The number of esters is 1. The summed E-state index contributed by atoms with van der Waals surface area (Å²) >= 11 is 0. The van der Waals surface area contributed by atoms with E-state index in [1.807, 2.05) is 42.5 Å². The van der Waals surface area contributed by atoms with E-state index >= 15 is 0 Å². The average Bonchev–Trinajstić information content (AvgIpc) is 3.31. The van der Waals surface area contributed by atoms with Crippen LogP contribution < -0.4 is 9.47 Å². The number of rotatable bonds is 7. The third-order valence-corrected chi connectivity index (χ3v) is 5.34. The molecule has 1 N–H and O–H groups in total. The Kier molecular flexibility index (Phi) is 6.17. The lowest BCUT2D eigenvalue weighted by Gasteiger charge is -2.19. The van der Waals surface area contributed by atoms with Gasteiger partial charge in [0.05, 0.1) is 18.8 Å². The first-order chi connectivity index (χ1) is 15.6. The van der Waals surface area contributed by atoms with Crippen LogP contribution in [0, 0.1) is 0 Å². The van der Waals surface area contributed by atoms with Crippen molar-refractivity contribution in [1.82, 2.24) is 10.2 Å². The summed E-state index contributed by atoms with van der Waals surface area (Å²) in [5.74, 6) is 0.763. The number of hydrogen-bond acceptors (Lipinski definition) is 4. The lowest BCUT2D eigenvalue weighted by Crippen LogP contribution is -2.06. The fourth-order valence-corrected chi connectivity index (χ4v) is 3.84. The maximum absolute atomic E-state index is 12.0. The van der Waals surface area contributed by atoms with Gasteiger partial charge in [0.15, 0.2) is 0 Å². The van der Waals surface area contributed by atoms with Crippen LogP contribution in [0.3, 0.4) is 0 Å². The molecular formula is C27H24N2O3. The van der Waals surface area contributed by atoms with Gasteiger partial charge in [-0.1, -0.05) is 49.9 Å². The van der Waals surface area contributed by atoms with Crippen molar-refractivity contribution in [1.29, 1.82) is 0 Å². The number of aromatic nitrogens is 2. The van der Waals surface area contributed by atoms with Crippen LogP contribution in [0.5, 0.6) is 11.5 Å². The van der Waals surface area contributed by atoms with Crippen LogP contribution >= 0.6 is 0 Å². The number of ether oxygens (including phenoxy) is 2. The number of allylic oxidation sites excluding steroid dienone is 1. The summed E-state index contributed by atoms with van der Waals surface area (Å²) < 4.78 is 11.1. The van der Waals surface area contributed by atoms with Crippen LogP contribution in [-0.4, -0.2) is 23.3 Å².